The van der Waals surface area contributed by atoms with Gasteiger partial charge in [0.1, 0.15) is 6.04 Å². The van der Waals surface area contributed by atoms with Crippen LogP contribution < -0.4 is 15.7 Å². The zero-order chi connectivity index (χ0) is 17.2. The Labute approximate surface area is 140 Å². The highest BCUT2D eigenvalue weighted by atomic mass is 32.2. The first-order valence-corrected chi connectivity index (χ1v) is 8.64. The Bertz CT molecular complexity index is 536. The van der Waals surface area contributed by atoms with Gasteiger partial charge < -0.3 is 20.5 Å². The zero-order valence-corrected chi connectivity index (χ0v) is 14.0. The molecule has 2 amide bonds. The monoisotopic (exact) mass is 337 g/mol. The largest absolute Gasteiger partial charge is 0.548 e. The average Bonchev–Trinajstić information content (AvgIpc) is 2.50. The third-order valence-corrected chi connectivity index (χ3v) is 3.83. The second kappa shape index (κ2) is 9.89. The van der Waals surface area contributed by atoms with Crippen molar-refractivity contribution in [1.82, 2.24) is 10.6 Å². The van der Waals surface area contributed by atoms with Crippen LogP contribution in [0.5, 0.6) is 0 Å². The lowest BCUT2D eigenvalue weighted by molar-refractivity contribution is -0.308. The number of hydrogen-bond acceptors (Lipinski definition) is 5. The third kappa shape index (κ3) is 7.19. The quantitative estimate of drug-likeness (QED) is 0.646. The molecule has 23 heavy (non-hydrogen) atoms. The summed E-state index contributed by atoms with van der Waals surface area (Å²) in [5.41, 5.74) is 0.871. The molecule has 1 rings (SSSR count). The van der Waals surface area contributed by atoms with Gasteiger partial charge in [0.15, 0.2) is 0 Å². The van der Waals surface area contributed by atoms with Gasteiger partial charge in [-0.3, -0.25) is 9.59 Å². The van der Waals surface area contributed by atoms with Crippen molar-refractivity contribution in [3.8, 4) is 0 Å². The minimum atomic E-state index is -1.33. The molecular formula is C16H21N2O4S-. The second-order valence-electron chi connectivity index (χ2n) is 5.10. The standard InChI is InChI=1S/C16H22N2O4S/c1-11(19)17-14(10-12-6-4-3-5-7-12)15(20)18-13(16(21)22)8-9-23-2/h3-7,13-14H,8-10H2,1-2H3,(H,17,19)(H,18,20)(H,21,22)/p-1/t13-,14+/m1/s1. The fourth-order valence-electron chi connectivity index (χ4n) is 2.06. The number of carbonyl (C=O) groups is 3. The van der Waals surface area contributed by atoms with Crippen LogP contribution in [-0.2, 0) is 20.8 Å². The minimum Gasteiger partial charge on any atom is -0.548 e. The molecule has 1 aromatic rings. The van der Waals surface area contributed by atoms with Gasteiger partial charge in [0, 0.05) is 13.3 Å². The molecule has 7 heteroatoms. The first-order valence-electron chi connectivity index (χ1n) is 7.25. The van der Waals surface area contributed by atoms with Crippen LogP contribution in [0, 0.1) is 0 Å². The molecule has 0 aliphatic heterocycles. The van der Waals surface area contributed by atoms with Crippen molar-refractivity contribution in [1.29, 1.82) is 0 Å². The molecule has 1 aromatic carbocycles. The maximum absolute atomic E-state index is 12.3. The van der Waals surface area contributed by atoms with Gasteiger partial charge in [0.2, 0.25) is 11.8 Å². The predicted molar refractivity (Wildman–Crippen MR) is 87.7 cm³/mol. The Kier molecular flexibility index (Phi) is 8.18. The summed E-state index contributed by atoms with van der Waals surface area (Å²) in [5.74, 6) is -1.62. The van der Waals surface area contributed by atoms with Gasteiger partial charge in [-0.05, 0) is 24.0 Å². The smallest absolute Gasteiger partial charge is 0.243 e. The van der Waals surface area contributed by atoms with Crippen LogP contribution in [0.3, 0.4) is 0 Å². The molecule has 2 atom stereocenters. The van der Waals surface area contributed by atoms with Crippen LogP contribution in [0.1, 0.15) is 18.9 Å². The van der Waals surface area contributed by atoms with Crippen molar-refractivity contribution in [3.05, 3.63) is 35.9 Å². The number of nitrogens with one attached hydrogen (secondary N) is 2. The van der Waals surface area contributed by atoms with E-state index in [1.165, 1.54) is 18.7 Å². The van der Waals surface area contributed by atoms with E-state index in [9.17, 15) is 19.5 Å². The lowest BCUT2D eigenvalue weighted by atomic mass is 10.0. The van der Waals surface area contributed by atoms with E-state index in [1.807, 2.05) is 36.6 Å². The lowest BCUT2D eigenvalue weighted by Crippen LogP contribution is -2.55. The predicted octanol–water partition coefficient (Wildman–Crippen LogP) is -0.278. The first kappa shape index (κ1) is 19.0. The van der Waals surface area contributed by atoms with E-state index >= 15 is 0 Å². The Hall–Kier alpha value is -2.02. The van der Waals surface area contributed by atoms with E-state index in [-0.39, 0.29) is 18.7 Å². The fraction of sp³-hybridized carbons (Fsp3) is 0.438. The molecule has 6 nitrogen and oxygen atoms in total. The highest BCUT2D eigenvalue weighted by Gasteiger charge is 2.23. The van der Waals surface area contributed by atoms with Crippen LogP contribution in [0.25, 0.3) is 0 Å². The van der Waals surface area contributed by atoms with Crippen LogP contribution in [-0.4, -0.2) is 41.9 Å². The highest BCUT2D eigenvalue weighted by molar-refractivity contribution is 7.98. The topological polar surface area (TPSA) is 98.3 Å². The Morgan fingerprint density at radius 1 is 1.13 bits per heavy atom. The van der Waals surface area contributed by atoms with Gasteiger partial charge in [-0.1, -0.05) is 30.3 Å². The van der Waals surface area contributed by atoms with Crippen molar-refractivity contribution in [2.45, 2.75) is 31.8 Å². The van der Waals surface area contributed by atoms with Gasteiger partial charge in [0.25, 0.3) is 0 Å². The number of hydrogen-bond donors (Lipinski definition) is 2. The van der Waals surface area contributed by atoms with E-state index in [4.69, 9.17) is 0 Å². The maximum atomic E-state index is 12.3. The van der Waals surface area contributed by atoms with E-state index in [2.05, 4.69) is 10.6 Å². The van der Waals surface area contributed by atoms with Gasteiger partial charge >= 0.3 is 0 Å². The first-order chi connectivity index (χ1) is 10.9. The summed E-state index contributed by atoms with van der Waals surface area (Å²) in [6.07, 6.45) is 2.41. The van der Waals surface area contributed by atoms with Gasteiger partial charge in [-0.15, -0.1) is 0 Å². The molecule has 0 fully saturated rings. The van der Waals surface area contributed by atoms with Gasteiger partial charge in [-0.25, -0.2) is 0 Å². The molecular weight excluding hydrogens is 316 g/mol. The van der Waals surface area contributed by atoms with Crippen molar-refractivity contribution in [3.63, 3.8) is 0 Å². The summed E-state index contributed by atoms with van der Waals surface area (Å²) in [4.78, 5) is 34.8. The van der Waals surface area contributed by atoms with Crippen molar-refractivity contribution in [2.75, 3.05) is 12.0 Å². The van der Waals surface area contributed by atoms with Crippen molar-refractivity contribution >= 4 is 29.5 Å². The third-order valence-electron chi connectivity index (χ3n) is 3.19. The van der Waals surface area contributed by atoms with Crippen LogP contribution >= 0.6 is 11.8 Å². The Morgan fingerprint density at radius 3 is 2.30 bits per heavy atom. The summed E-state index contributed by atoms with van der Waals surface area (Å²) in [7, 11) is 0. The number of aliphatic carboxylic acids is 1. The molecule has 0 unspecified atom stereocenters. The summed E-state index contributed by atoms with van der Waals surface area (Å²) >= 11 is 1.48. The van der Waals surface area contributed by atoms with E-state index < -0.39 is 24.0 Å². The number of thioether (sulfide) groups is 1. The Morgan fingerprint density at radius 2 is 1.78 bits per heavy atom. The zero-order valence-electron chi connectivity index (χ0n) is 13.2. The van der Waals surface area contributed by atoms with Gasteiger partial charge in [-0.2, -0.15) is 11.8 Å². The van der Waals surface area contributed by atoms with Crippen LogP contribution in [0.2, 0.25) is 0 Å². The summed E-state index contributed by atoms with van der Waals surface area (Å²) in [6, 6.07) is 7.30. The molecule has 0 radical (unpaired) electrons. The molecule has 0 saturated heterocycles. The number of carbonyl (C=O) groups excluding carboxylic acids is 3. The summed E-state index contributed by atoms with van der Waals surface area (Å²) in [6.45, 7) is 1.31. The molecule has 0 aliphatic rings. The van der Waals surface area contributed by atoms with E-state index in [1.54, 1.807) is 0 Å². The maximum Gasteiger partial charge on any atom is 0.243 e. The molecule has 0 bridgehead atoms. The second-order valence-corrected chi connectivity index (χ2v) is 6.09. The van der Waals surface area contributed by atoms with Gasteiger partial charge in [0.05, 0.1) is 12.0 Å². The number of amides is 2. The van der Waals surface area contributed by atoms with Crippen molar-refractivity contribution in [2.24, 2.45) is 0 Å². The number of benzene rings is 1. The number of rotatable bonds is 9. The molecule has 2 N–H and O–H groups in total. The van der Waals surface area contributed by atoms with E-state index in [0.29, 0.717) is 5.75 Å². The van der Waals surface area contributed by atoms with E-state index in [0.717, 1.165) is 5.56 Å². The Balaban J connectivity index is 2.77. The molecule has 126 valence electrons. The number of carboxylic acid groups (broad SMARTS) is 1. The molecule has 0 aromatic heterocycles. The SMILES string of the molecule is CSCC[C@@H](NC(=O)[C@H](Cc1ccccc1)NC(C)=O)C(=O)[O-]. The lowest BCUT2D eigenvalue weighted by Gasteiger charge is -2.23. The highest BCUT2D eigenvalue weighted by Crippen LogP contribution is 2.05. The van der Waals surface area contributed by atoms with Crippen LogP contribution in [0.15, 0.2) is 30.3 Å². The molecule has 0 aliphatic carbocycles. The minimum absolute atomic E-state index is 0.271. The summed E-state index contributed by atoms with van der Waals surface area (Å²) in [5, 5.41) is 16.1. The molecule has 0 heterocycles. The molecule has 0 saturated carbocycles. The van der Waals surface area contributed by atoms with Crippen molar-refractivity contribution < 1.29 is 19.5 Å². The fourth-order valence-corrected chi connectivity index (χ4v) is 2.53. The normalized spacial score (nSPS) is 13.0. The average molecular weight is 337 g/mol. The van der Waals surface area contributed by atoms with Crippen LogP contribution in [0.4, 0.5) is 0 Å². The summed E-state index contributed by atoms with van der Waals surface area (Å²) < 4.78 is 0. The number of carboxylic acids is 1. The molecule has 0 spiro atoms.